The first kappa shape index (κ1) is 6.50. The number of nitrogens with zero attached hydrogens (tertiary/aromatic N) is 1. The highest BCUT2D eigenvalue weighted by Gasteiger charge is 2.19. The van der Waals surface area contributed by atoms with Crippen LogP contribution in [0.4, 0.5) is 0 Å². The minimum atomic E-state index is 0.315. The van der Waals surface area contributed by atoms with Crippen LogP contribution >= 0.6 is 11.8 Å². The number of hydrogen-bond acceptors (Lipinski definition) is 3. The first-order valence-corrected chi connectivity index (χ1v) is 3.80. The molecule has 1 heterocycles. The molecule has 9 heavy (non-hydrogen) atoms. The Balaban J connectivity index is 2.85. The van der Waals surface area contributed by atoms with E-state index < -0.39 is 0 Å². The lowest BCUT2D eigenvalue weighted by molar-refractivity contribution is 1.15. The summed E-state index contributed by atoms with van der Waals surface area (Å²) < 4.78 is 0. The van der Waals surface area contributed by atoms with E-state index >= 15 is 0 Å². The Morgan fingerprint density at radius 3 is 2.78 bits per heavy atom. The van der Waals surface area contributed by atoms with Crippen molar-refractivity contribution < 1.29 is 0 Å². The molecule has 0 bridgehead atoms. The van der Waals surface area contributed by atoms with E-state index in [-0.39, 0.29) is 0 Å². The van der Waals surface area contributed by atoms with Gasteiger partial charge in [0.15, 0.2) is 0 Å². The normalized spacial score (nSPS) is 26.4. The fraction of sp³-hybridized carbons (Fsp3) is 0.500. The van der Waals surface area contributed by atoms with E-state index in [2.05, 4.69) is 6.07 Å². The molecule has 0 spiro atoms. The molecule has 2 N–H and O–H groups in total. The highest BCUT2D eigenvalue weighted by Crippen LogP contribution is 2.28. The maximum atomic E-state index is 8.51. The molecule has 1 aliphatic rings. The zero-order valence-electron chi connectivity index (χ0n) is 5.22. The zero-order valence-corrected chi connectivity index (χ0v) is 6.03. The number of nitriles is 1. The van der Waals surface area contributed by atoms with Crippen LogP contribution in [0.15, 0.2) is 11.3 Å². The molecule has 0 amide bonds. The average Bonchev–Trinajstić information content (AvgIpc) is 2.12. The van der Waals surface area contributed by atoms with Gasteiger partial charge in [-0.3, -0.25) is 0 Å². The molecule has 1 rings (SSSR count). The van der Waals surface area contributed by atoms with Crippen molar-refractivity contribution in [3.8, 4) is 6.07 Å². The highest BCUT2D eigenvalue weighted by molar-refractivity contribution is 8.00. The molecular formula is C6H8N2S. The van der Waals surface area contributed by atoms with Gasteiger partial charge in [0.2, 0.25) is 0 Å². The van der Waals surface area contributed by atoms with Crippen LogP contribution in [0.5, 0.6) is 0 Å². The van der Waals surface area contributed by atoms with Gasteiger partial charge >= 0.3 is 0 Å². The predicted molar refractivity (Wildman–Crippen MR) is 38.7 cm³/mol. The topological polar surface area (TPSA) is 49.8 Å². The molecule has 0 aromatic carbocycles. The molecule has 0 aliphatic carbocycles. The van der Waals surface area contributed by atoms with E-state index in [4.69, 9.17) is 11.0 Å². The van der Waals surface area contributed by atoms with E-state index in [1.807, 2.05) is 6.92 Å². The van der Waals surface area contributed by atoms with Crippen molar-refractivity contribution in [3.05, 3.63) is 11.3 Å². The van der Waals surface area contributed by atoms with Crippen LogP contribution in [0.2, 0.25) is 0 Å². The van der Waals surface area contributed by atoms with Crippen LogP contribution in [0.3, 0.4) is 0 Å². The molecule has 2 nitrogen and oxygen atoms in total. The van der Waals surface area contributed by atoms with E-state index in [1.54, 1.807) is 11.8 Å². The smallest absolute Gasteiger partial charge is 0.0977 e. The van der Waals surface area contributed by atoms with Crippen molar-refractivity contribution in [2.75, 3.05) is 5.75 Å². The van der Waals surface area contributed by atoms with Gasteiger partial charge in [0.25, 0.3) is 0 Å². The van der Waals surface area contributed by atoms with E-state index in [0.717, 1.165) is 17.0 Å². The van der Waals surface area contributed by atoms with Gasteiger partial charge in [-0.15, -0.1) is 11.8 Å². The van der Waals surface area contributed by atoms with Gasteiger partial charge in [-0.2, -0.15) is 5.26 Å². The van der Waals surface area contributed by atoms with Crippen molar-refractivity contribution in [3.63, 3.8) is 0 Å². The third kappa shape index (κ3) is 1.03. The molecule has 0 saturated carbocycles. The van der Waals surface area contributed by atoms with Gasteiger partial charge in [-0.1, -0.05) is 0 Å². The second-order valence-corrected chi connectivity index (χ2v) is 3.33. The minimum Gasteiger partial charge on any atom is -0.401 e. The summed E-state index contributed by atoms with van der Waals surface area (Å²) in [5.41, 5.74) is 7.04. The van der Waals surface area contributed by atoms with E-state index in [1.165, 1.54) is 0 Å². The van der Waals surface area contributed by atoms with E-state index in [0.29, 0.717) is 5.25 Å². The fourth-order valence-electron chi connectivity index (χ4n) is 0.800. The Morgan fingerprint density at radius 1 is 1.89 bits per heavy atom. The first-order chi connectivity index (χ1) is 4.25. The van der Waals surface area contributed by atoms with Gasteiger partial charge in [-0.05, 0) is 6.92 Å². The first-order valence-electron chi connectivity index (χ1n) is 2.76. The SMILES string of the molecule is CC1SCC(N)=C1C#N. The average molecular weight is 140 g/mol. The summed E-state index contributed by atoms with van der Waals surface area (Å²) in [6, 6.07) is 2.10. The van der Waals surface area contributed by atoms with Crippen LogP contribution < -0.4 is 5.73 Å². The molecule has 0 saturated heterocycles. The Morgan fingerprint density at radius 2 is 2.56 bits per heavy atom. The number of nitrogens with two attached hydrogens (primary N) is 1. The quantitative estimate of drug-likeness (QED) is 0.543. The fourth-order valence-corrected chi connectivity index (χ4v) is 1.76. The van der Waals surface area contributed by atoms with Crippen molar-refractivity contribution in [2.45, 2.75) is 12.2 Å². The summed E-state index contributed by atoms with van der Waals surface area (Å²) in [6.07, 6.45) is 0. The molecule has 48 valence electrons. The van der Waals surface area contributed by atoms with Crippen LogP contribution in [0.1, 0.15) is 6.92 Å². The number of hydrogen-bond donors (Lipinski definition) is 1. The maximum Gasteiger partial charge on any atom is 0.0977 e. The van der Waals surface area contributed by atoms with Crippen LogP contribution in [-0.4, -0.2) is 11.0 Å². The molecule has 3 heteroatoms. The lowest BCUT2D eigenvalue weighted by Crippen LogP contribution is -2.00. The van der Waals surface area contributed by atoms with E-state index in [9.17, 15) is 0 Å². The number of thioether (sulfide) groups is 1. The monoisotopic (exact) mass is 140 g/mol. The van der Waals surface area contributed by atoms with Gasteiger partial charge in [0.05, 0.1) is 11.6 Å². The van der Waals surface area contributed by atoms with Crippen LogP contribution in [0, 0.1) is 11.3 Å². The van der Waals surface area contributed by atoms with Crippen LogP contribution in [0.25, 0.3) is 0 Å². The second-order valence-electron chi connectivity index (χ2n) is 2.00. The Labute approximate surface area is 58.7 Å². The van der Waals surface area contributed by atoms with Crippen molar-refractivity contribution in [1.29, 1.82) is 5.26 Å². The van der Waals surface area contributed by atoms with Gasteiger partial charge in [-0.25, -0.2) is 0 Å². The lowest BCUT2D eigenvalue weighted by Gasteiger charge is -1.95. The summed E-state index contributed by atoms with van der Waals surface area (Å²) >= 11 is 1.72. The number of rotatable bonds is 0. The van der Waals surface area contributed by atoms with Crippen molar-refractivity contribution >= 4 is 11.8 Å². The van der Waals surface area contributed by atoms with Gasteiger partial charge < -0.3 is 5.73 Å². The summed E-state index contributed by atoms with van der Waals surface area (Å²) in [4.78, 5) is 0. The molecule has 0 aromatic heterocycles. The van der Waals surface area contributed by atoms with Crippen molar-refractivity contribution in [1.82, 2.24) is 0 Å². The van der Waals surface area contributed by atoms with Gasteiger partial charge in [0, 0.05) is 16.7 Å². The molecular weight excluding hydrogens is 132 g/mol. The Bertz CT molecular complexity index is 190. The largest absolute Gasteiger partial charge is 0.401 e. The molecule has 1 unspecified atom stereocenters. The standard InChI is InChI=1S/C6H8N2S/c1-4-5(2-7)6(8)3-9-4/h4H,3,8H2,1H3. The summed E-state index contributed by atoms with van der Waals surface area (Å²) in [7, 11) is 0. The Kier molecular flexibility index (Phi) is 1.68. The van der Waals surface area contributed by atoms with Crippen LogP contribution in [-0.2, 0) is 0 Å². The lowest BCUT2D eigenvalue weighted by atomic mass is 10.2. The van der Waals surface area contributed by atoms with Crippen molar-refractivity contribution in [2.24, 2.45) is 5.73 Å². The Hall–Kier alpha value is -0.620. The third-order valence-corrected chi connectivity index (χ3v) is 2.58. The maximum absolute atomic E-state index is 8.51. The predicted octanol–water partition coefficient (Wildman–Crippen LogP) is 0.858. The summed E-state index contributed by atoms with van der Waals surface area (Å²) in [5.74, 6) is 0.823. The molecule has 0 aromatic rings. The molecule has 1 aliphatic heterocycles. The third-order valence-electron chi connectivity index (χ3n) is 1.36. The molecule has 0 radical (unpaired) electrons. The van der Waals surface area contributed by atoms with Gasteiger partial charge in [0.1, 0.15) is 0 Å². The summed E-state index contributed by atoms with van der Waals surface area (Å²) in [5, 5.41) is 8.82. The minimum absolute atomic E-state index is 0.315. The second kappa shape index (κ2) is 2.32. The zero-order chi connectivity index (χ0) is 6.85. The molecule has 1 atom stereocenters. The summed E-state index contributed by atoms with van der Waals surface area (Å²) in [6.45, 7) is 2.00. The molecule has 0 fully saturated rings. The highest BCUT2D eigenvalue weighted by atomic mass is 32.2.